The number of benzene rings is 4. The molecule has 20 heteroatoms. The maximum Gasteiger partial charge on any atom is 0.164 e. The molecule has 11 aliphatic heterocycles. The quantitative estimate of drug-likeness (QED) is 0.146. The number of hydrogen-bond donors (Lipinski definition) is 2. The fraction of sp³-hybridized carbons (Fsp3) is 0.389. The molecule has 3 saturated heterocycles. The van der Waals surface area contributed by atoms with Crippen LogP contribution in [0.5, 0.6) is 46.0 Å². The molecule has 13 heterocycles. The van der Waals surface area contributed by atoms with E-state index in [-0.39, 0.29) is 52.9 Å². The average molecular weight is 1250 g/mol. The molecular formula is C72H70N4O16. The molecule has 92 heavy (non-hydrogen) atoms. The Morgan fingerprint density at radius 3 is 0.783 bits per heavy atom. The van der Waals surface area contributed by atoms with Gasteiger partial charge in [0.25, 0.3) is 0 Å². The predicted octanol–water partition coefficient (Wildman–Crippen LogP) is 9.16. The van der Waals surface area contributed by atoms with E-state index in [1.54, 1.807) is 0 Å². The highest BCUT2D eigenvalue weighted by molar-refractivity contribution is 6.33. The Morgan fingerprint density at radius 1 is 0.293 bits per heavy atom. The summed E-state index contributed by atoms with van der Waals surface area (Å²) in [4.78, 5) is 19.4. The van der Waals surface area contributed by atoms with E-state index in [0.29, 0.717) is 135 Å². The third kappa shape index (κ3) is 10.2. The number of aromatic nitrogens is 2. The molecule has 20 nitrogen and oxygen atoms in total. The van der Waals surface area contributed by atoms with Crippen LogP contribution >= 0.6 is 0 Å². The lowest BCUT2D eigenvalue weighted by Gasteiger charge is -2.24. The first-order chi connectivity index (χ1) is 44.4. The molecule has 8 atom stereocenters. The maximum absolute atomic E-state index is 7.12. The minimum absolute atomic E-state index is 0.0694. The number of H-pyrrole nitrogens is 2. The molecule has 0 unspecified atom stereocenters. The van der Waals surface area contributed by atoms with E-state index in [0.717, 1.165) is 0 Å². The first-order valence-corrected chi connectivity index (χ1v) is 31.6. The van der Waals surface area contributed by atoms with Crippen LogP contribution in [-0.2, 0) is 37.9 Å². The maximum atomic E-state index is 7.12. The van der Waals surface area contributed by atoms with Gasteiger partial charge in [-0.2, -0.15) is 0 Å². The summed E-state index contributed by atoms with van der Waals surface area (Å²) < 4.78 is 111. The summed E-state index contributed by atoms with van der Waals surface area (Å²) in [6.07, 6.45) is 3.25. The van der Waals surface area contributed by atoms with Gasteiger partial charge in [-0.05, 0) is 152 Å². The van der Waals surface area contributed by atoms with Gasteiger partial charge in [-0.3, -0.25) is 0 Å². The van der Waals surface area contributed by atoms with Crippen LogP contribution in [0, 0.1) is 0 Å². The van der Waals surface area contributed by atoms with E-state index in [1.807, 2.05) is 152 Å². The standard InChI is InChI=1S/C72H70N4O16/c1-69(2)85-53-29-77-45-13-9-15-47-65(45)61-37-21-22-38(73-37)62-40-24-26-42(75-40)64-44-28-27-43(76-44)63(41-25-23-39(61)74-41)67-49(81-33-57-55(31-79-47)87-70(3,4)89-57)17-11-19-51(67)83-35-59-60(92-72(7,8)91-59)36-84-52-20-12-18-50(68(52)64)82-34-58-56(88-71(5,6)90-58)32-80-48-16-10-14-46(66(48)62)78-30-54(53)86-69/h9-28,53-60,73,76H,29-36H2,1-8H3/t53-,54-,55-,56-,57-,58-,59-,60-/m0/s1. The third-order valence-electron chi connectivity index (χ3n) is 18.1. The summed E-state index contributed by atoms with van der Waals surface area (Å²) in [5.74, 6) is 0.00692. The van der Waals surface area contributed by atoms with Crippen LogP contribution in [0.25, 0.3) is 22.3 Å². The first kappa shape index (κ1) is 57.5. The number of ether oxygens (including phenoxy) is 16. The lowest BCUT2D eigenvalue weighted by molar-refractivity contribution is -0.150. The summed E-state index contributed by atoms with van der Waals surface area (Å²) in [5.41, 5.74) is 8.73. The van der Waals surface area contributed by atoms with Crippen molar-refractivity contribution in [2.45, 2.75) is 127 Å². The van der Waals surface area contributed by atoms with Gasteiger partial charge in [0.15, 0.2) is 23.1 Å². The zero-order chi connectivity index (χ0) is 62.4. The lowest BCUT2D eigenvalue weighted by atomic mass is 9.98. The number of aliphatic imine (C=N–C) groups is 2. The third-order valence-corrected chi connectivity index (χ3v) is 18.1. The number of nitrogens with zero attached hydrogens (tertiary/aromatic N) is 2. The van der Waals surface area contributed by atoms with Gasteiger partial charge in [-0.15, -0.1) is 0 Å². The van der Waals surface area contributed by atoms with E-state index in [4.69, 9.17) is 85.8 Å². The zero-order valence-corrected chi connectivity index (χ0v) is 52.2. The van der Waals surface area contributed by atoms with Crippen molar-refractivity contribution < 1.29 is 75.8 Å². The van der Waals surface area contributed by atoms with E-state index < -0.39 is 72.0 Å². The molecule has 0 amide bonds. The molecular weight excluding hydrogens is 1180 g/mol. The van der Waals surface area contributed by atoms with Crippen molar-refractivity contribution in [3.63, 3.8) is 0 Å². The van der Waals surface area contributed by atoms with Crippen molar-refractivity contribution >= 4 is 33.7 Å². The Balaban J connectivity index is 1.03. The SMILES string of the molecule is CC1(C)O[C@H]2COc3cccc4c3C3=C5C=CC(=N5)C5=c6ccc([nH]6)=C6C7=NC(=C(c8ccc3[nH]8)c3c(cccc3OC[C@@H]3OC(C)(C)O[C@H]3COc3cccc(c36)OC[C@@H]3OC(C)(C)O[C@H]3COc3cccc(c35)OC[C@@H]3OC(C)(C)O[C@H]3CO4)OC[C@@H]2O1)C=C7. The van der Waals surface area contributed by atoms with Gasteiger partial charge < -0.3 is 85.8 Å². The summed E-state index contributed by atoms with van der Waals surface area (Å²) in [5, 5.41) is 1.33. The molecule has 0 aliphatic carbocycles. The summed E-state index contributed by atoms with van der Waals surface area (Å²) in [6, 6.07) is 31.4. The molecule has 4 aromatic carbocycles. The predicted molar refractivity (Wildman–Crippen MR) is 336 cm³/mol. The number of fused-ring (bicyclic) bond motifs is 15. The number of aromatic amines is 2. The van der Waals surface area contributed by atoms with Crippen molar-refractivity contribution in [2.75, 3.05) is 52.9 Å². The van der Waals surface area contributed by atoms with Gasteiger partial charge in [0, 0.05) is 44.4 Å². The molecule has 6 aromatic rings. The minimum atomic E-state index is -0.996. The number of nitrogens with one attached hydrogen (secondary N) is 2. The van der Waals surface area contributed by atoms with Crippen LogP contribution in [-0.4, -0.2) is 146 Å². The Morgan fingerprint density at radius 2 is 0.533 bits per heavy atom. The topological polar surface area (TPSA) is 204 Å². The molecule has 2 aromatic heterocycles. The van der Waals surface area contributed by atoms with Gasteiger partial charge in [-0.25, -0.2) is 9.98 Å². The number of rotatable bonds is 0. The van der Waals surface area contributed by atoms with Gasteiger partial charge in [0.2, 0.25) is 0 Å². The van der Waals surface area contributed by atoms with Crippen molar-refractivity contribution in [1.82, 2.24) is 9.97 Å². The lowest BCUT2D eigenvalue weighted by Crippen LogP contribution is -2.35. The van der Waals surface area contributed by atoms with E-state index >= 15 is 0 Å². The Kier molecular flexibility index (Phi) is 13.5. The van der Waals surface area contributed by atoms with E-state index in [9.17, 15) is 0 Å². The highest BCUT2D eigenvalue weighted by Gasteiger charge is 2.48. The smallest absolute Gasteiger partial charge is 0.164 e. The molecule has 17 rings (SSSR count). The molecule has 2 N–H and O–H groups in total. The van der Waals surface area contributed by atoms with Gasteiger partial charge in [-0.1, -0.05) is 24.3 Å². The van der Waals surface area contributed by atoms with Gasteiger partial charge in [0.1, 0.15) is 148 Å². The van der Waals surface area contributed by atoms with Crippen molar-refractivity contribution in [3.05, 3.63) is 177 Å². The van der Waals surface area contributed by atoms with Crippen molar-refractivity contribution in [1.29, 1.82) is 0 Å². The zero-order valence-electron chi connectivity index (χ0n) is 52.2. The van der Waals surface area contributed by atoms with E-state index in [2.05, 4.69) is 34.2 Å². The molecule has 32 bridgehead atoms. The second kappa shape index (κ2) is 21.6. The fourth-order valence-corrected chi connectivity index (χ4v) is 14.4. The van der Waals surface area contributed by atoms with Gasteiger partial charge in [0.05, 0.1) is 45.1 Å². The summed E-state index contributed by atoms with van der Waals surface area (Å²) in [6.45, 7) is 15.7. The molecule has 3 fully saturated rings. The summed E-state index contributed by atoms with van der Waals surface area (Å²) >= 11 is 0. The normalized spacial score (nSPS) is 28.3. The molecule has 0 radical (unpaired) electrons. The van der Waals surface area contributed by atoms with E-state index in [1.165, 1.54) is 0 Å². The first-order valence-electron chi connectivity index (χ1n) is 31.6. The Bertz CT molecular complexity index is 4080. The van der Waals surface area contributed by atoms with Crippen molar-refractivity contribution in [3.8, 4) is 46.0 Å². The van der Waals surface area contributed by atoms with Crippen LogP contribution in [0.15, 0.2) is 143 Å². The van der Waals surface area contributed by atoms with Crippen LogP contribution in [0.2, 0.25) is 0 Å². The average Bonchev–Trinajstić information content (AvgIpc) is 1.58. The minimum Gasteiger partial charge on any atom is -0.490 e. The number of allylic oxidation sites excluding steroid dienone is 4. The molecule has 0 spiro atoms. The fourth-order valence-electron chi connectivity index (χ4n) is 14.4. The number of hydrogen-bond acceptors (Lipinski definition) is 18. The van der Waals surface area contributed by atoms with Crippen LogP contribution in [0.4, 0.5) is 0 Å². The van der Waals surface area contributed by atoms with Gasteiger partial charge >= 0.3 is 0 Å². The highest BCUT2D eigenvalue weighted by Crippen LogP contribution is 2.49. The monoisotopic (exact) mass is 1250 g/mol. The highest BCUT2D eigenvalue weighted by atomic mass is 16.8. The summed E-state index contributed by atoms with van der Waals surface area (Å²) in [7, 11) is 0. The molecule has 474 valence electrons. The Labute approximate surface area is 530 Å². The molecule has 0 saturated carbocycles. The van der Waals surface area contributed by atoms with Crippen molar-refractivity contribution in [2.24, 2.45) is 9.98 Å². The Hall–Kier alpha value is -8.44. The second-order valence-corrected chi connectivity index (χ2v) is 26.4. The van der Waals surface area contributed by atoms with Crippen LogP contribution in [0.1, 0.15) is 89.0 Å². The second-order valence-electron chi connectivity index (χ2n) is 26.4. The largest absolute Gasteiger partial charge is 0.490 e. The van der Waals surface area contributed by atoms with Crippen LogP contribution in [0.3, 0.4) is 0 Å². The van der Waals surface area contributed by atoms with Crippen LogP contribution < -0.4 is 48.6 Å². The molecule has 11 aliphatic rings.